The van der Waals surface area contributed by atoms with Gasteiger partial charge in [-0.3, -0.25) is 0 Å². The van der Waals surface area contributed by atoms with Crippen molar-refractivity contribution in [2.24, 2.45) is 5.92 Å². The summed E-state index contributed by atoms with van der Waals surface area (Å²) >= 11 is 0. The minimum atomic E-state index is -0.150. The number of nitrogens with two attached hydrogens (primary N) is 1. The van der Waals surface area contributed by atoms with E-state index in [9.17, 15) is 4.79 Å². The van der Waals surface area contributed by atoms with Crippen LogP contribution in [0, 0.1) is 5.92 Å². The average molecular weight is 219 g/mol. The molecule has 2 amide bonds. The number of nitrogen functional groups attached to an aromatic ring is 1. The molecule has 0 heterocycles. The number of nitrogens with one attached hydrogen (secondary N) is 2. The normalized spacial score (nSPS) is 23.3. The van der Waals surface area contributed by atoms with Crippen molar-refractivity contribution in [1.29, 1.82) is 0 Å². The Morgan fingerprint density at radius 3 is 2.81 bits per heavy atom. The van der Waals surface area contributed by atoms with Crippen molar-refractivity contribution in [3.8, 4) is 0 Å². The van der Waals surface area contributed by atoms with Gasteiger partial charge in [0.05, 0.1) is 0 Å². The zero-order valence-electron chi connectivity index (χ0n) is 9.36. The minimum absolute atomic E-state index is 0.150. The molecule has 4 heteroatoms. The Morgan fingerprint density at radius 2 is 2.19 bits per heavy atom. The fourth-order valence-electron chi connectivity index (χ4n) is 1.99. The van der Waals surface area contributed by atoms with Crippen LogP contribution in [0.15, 0.2) is 24.3 Å². The van der Waals surface area contributed by atoms with E-state index in [1.54, 1.807) is 12.1 Å². The van der Waals surface area contributed by atoms with E-state index in [0.717, 1.165) is 24.4 Å². The fourth-order valence-corrected chi connectivity index (χ4v) is 1.99. The minimum Gasteiger partial charge on any atom is -0.399 e. The largest absolute Gasteiger partial charge is 0.399 e. The van der Waals surface area contributed by atoms with Gasteiger partial charge in [-0.2, -0.15) is 0 Å². The van der Waals surface area contributed by atoms with Crippen LogP contribution in [0.5, 0.6) is 0 Å². The number of urea groups is 1. The monoisotopic (exact) mass is 219 g/mol. The average Bonchev–Trinajstić information content (AvgIpc) is 2.15. The Labute approximate surface area is 95.2 Å². The summed E-state index contributed by atoms with van der Waals surface area (Å²) in [6.07, 6.45) is 2.15. The van der Waals surface area contributed by atoms with E-state index in [1.807, 2.05) is 12.1 Å². The van der Waals surface area contributed by atoms with Crippen LogP contribution in [0.3, 0.4) is 0 Å². The van der Waals surface area contributed by atoms with Crippen molar-refractivity contribution in [2.45, 2.75) is 25.8 Å². The quantitative estimate of drug-likeness (QED) is 0.667. The number of carbonyl (C=O) groups is 1. The van der Waals surface area contributed by atoms with E-state index >= 15 is 0 Å². The Hall–Kier alpha value is -1.71. The summed E-state index contributed by atoms with van der Waals surface area (Å²) < 4.78 is 0. The molecular formula is C12H17N3O. The number of carbonyl (C=O) groups excluding carboxylic acids is 1. The molecule has 1 aromatic carbocycles. The second-order valence-electron chi connectivity index (χ2n) is 4.50. The maximum atomic E-state index is 11.6. The topological polar surface area (TPSA) is 67.2 Å². The third-order valence-corrected chi connectivity index (χ3v) is 2.85. The van der Waals surface area contributed by atoms with Crippen LogP contribution in [0.2, 0.25) is 0 Å². The highest BCUT2D eigenvalue weighted by Gasteiger charge is 2.26. The molecule has 1 aliphatic rings. The van der Waals surface area contributed by atoms with Gasteiger partial charge in [0.2, 0.25) is 0 Å². The molecular weight excluding hydrogens is 202 g/mol. The van der Waals surface area contributed by atoms with Crippen LogP contribution in [-0.2, 0) is 0 Å². The van der Waals surface area contributed by atoms with Crippen LogP contribution < -0.4 is 16.4 Å². The smallest absolute Gasteiger partial charge is 0.319 e. The maximum absolute atomic E-state index is 11.6. The third kappa shape index (κ3) is 2.66. The van der Waals surface area contributed by atoms with E-state index < -0.39 is 0 Å². The van der Waals surface area contributed by atoms with Crippen LogP contribution in [-0.4, -0.2) is 12.1 Å². The molecule has 1 aliphatic carbocycles. The number of amides is 2. The Morgan fingerprint density at radius 1 is 1.44 bits per heavy atom. The van der Waals surface area contributed by atoms with Gasteiger partial charge in [-0.05, 0) is 37.0 Å². The second kappa shape index (κ2) is 4.43. The summed E-state index contributed by atoms with van der Waals surface area (Å²) in [7, 11) is 0. The number of anilines is 2. The highest BCUT2D eigenvalue weighted by atomic mass is 16.2. The molecule has 0 aromatic heterocycles. The number of rotatable bonds is 2. The van der Waals surface area contributed by atoms with Crippen LogP contribution in [0.25, 0.3) is 0 Å². The Balaban J connectivity index is 1.83. The first-order valence-electron chi connectivity index (χ1n) is 5.56. The van der Waals surface area contributed by atoms with Gasteiger partial charge < -0.3 is 16.4 Å². The Bertz CT molecular complexity index is 386. The van der Waals surface area contributed by atoms with Crippen molar-refractivity contribution >= 4 is 17.4 Å². The van der Waals surface area contributed by atoms with Gasteiger partial charge in [0, 0.05) is 17.4 Å². The molecule has 1 aromatic rings. The lowest BCUT2D eigenvalue weighted by Gasteiger charge is -2.33. The Kier molecular flexibility index (Phi) is 2.99. The summed E-state index contributed by atoms with van der Waals surface area (Å²) in [6.45, 7) is 2.19. The summed E-state index contributed by atoms with van der Waals surface area (Å²) in [5.41, 5.74) is 6.99. The summed E-state index contributed by atoms with van der Waals surface area (Å²) in [4.78, 5) is 11.6. The summed E-state index contributed by atoms with van der Waals surface area (Å²) in [5.74, 6) is 0.734. The first kappa shape index (κ1) is 10.8. The third-order valence-electron chi connectivity index (χ3n) is 2.85. The van der Waals surface area contributed by atoms with Gasteiger partial charge in [0.1, 0.15) is 0 Å². The lowest BCUT2D eigenvalue weighted by molar-refractivity contribution is 0.219. The maximum Gasteiger partial charge on any atom is 0.319 e. The first-order chi connectivity index (χ1) is 7.63. The molecule has 0 unspecified atom stereocenters. The molecule has 4 nitrogen and oxygen atoms in total. The van der Waals surface area contributed by atoms with Crippen LogP contribution in [0.4, 0.5) is 16.2 Å². The zero-order valence-corrected chi connectivity index (χ0v) is 9.36. The number of benzene rings is 1. The highest BCUT2D eigenvalue weighted by molar-refractivity contribution is 5.89. The summed E-state index contributed by atoms with van der Waals surface area (Å²) in [5, 5.41) is 5.69. The summed E-state index contributed by atoms with van der Waals surface area (Å²) in [6, 6.07) is 7.34. The van der Waals surface area contributed by atoms with Crippen LogP contribution in [0.1, 0.15) is 19.8 Å². The van der Waals surface area contributed by atoms with E-state index in [0.29, 0.717) is 11.7 Å². The number of hydrogen-bond acceptors (Lipinski definition) is 2. The zero-order chi connectivity index (χ0) is 11.5. The molecule has 0 atom stereocenters. The predicted octanol–water partition coefficient (Wildman–Crippen LogP) is 2.19. The van der Waals surface area contributed by atoms with Crippen molar-refractivity contribution < 1.29 is 4.79 Å². The van der Waals surface area contributed by atoms with E-state index in [1.165, 1.54) is 0 Å². The van der Waals surface area contributed by atoms with Gasteiger partial charge in [0.15, 0.2) is 0 Å². The van der Waals surface area contributed by atoms with Crippen molar-refractivity contribution in [3.63, 3.8) is 0 Å². The highest BCUT2D eigenvalue weighted by Crippen LogP contribution is 2.26. The molecule has 0 aliphatic heterocycles. The fraction of sp³-hybridized carbons (Fsp3) is 0.417. The van der Waals surface area contributed by atoms with Gasteiger partial charge >= 0.3 is 6.03 Å². The molecule has 2 rings (SSSR count). The van der Waals surface area contributed by atoms with E-state index in [-0.39, 0.29) is 6.03 Å². The first-order valence-corrected chi connectivity index (χ1v) is 5.56. The molecule has 0 saturated heterocycles. The molecule has 0 spiro atoms. The van der Waals surface area contributed by atoms with Crippen molar-refractivity contribution in [3.05, 3.63) is 24.3 Å². The predicted molar refractivity (Wildman–Crippen MR) is 65.2 cm³/mol. The van der Waals surface area contributed by atoms with Crippen molar-refractivity contribution in [2.75, 3.05) is 11.1 Å². The lowest BCUT2D eigenvalue weighted by Crippen LogP contribution is -2.45. The van der Waals surface area contributed by atoms with Gasteiger partial charge in [0.25, 0.3) is 0 Å². The van der Waals surface area contributed by atoms with Crippen LogP contribution >= 0.6 is 0 Å². The lowest BCUT2D eigenvalue weighted by atomic mass is 9.82. The van der Waals surface area contributed by atoms with Gasteiger partial charge in [-0.1, -0.05) is 13.0 Å². The standard InChI is InChI=1S/C12H17N3O/c1-8-5-11(6-8)15-12(16)14-10-4-2-3-9(13)7-10/h2-4,7-8,11H,5-6,13H2,1H3,(H2,14,15,16). The van der Waals surface area contributed by atoms with Gasteiger partial charge in [-0.15, -0.1) is 0 Å². The SMILES string of the molecule is CC1CC(NC(=O)Nc2cccc(N)c2)C1. The van der Waals surface area contributed by atoms with Gasteiger partial charge in [-0.25, -0.2) is 4.79 Å². The van der Waals surface area contributed by atoms with E-state index in [2.05, 4.69) is 17.6 Å². The molecule has 16 heavy (non-hydrogen) atoms. The molecule has 4 N–H and O–H groups in total. The second-order valence-corrected chi connectivity index (χ2v) is 4.50. The molecule has 0 bridgehead atoms. The molecule has 0 radical (unpaired) electrons. The number of hydrogen-bond donors (Lipinski definition) is 3. The van der Waals surface area contributed by atoms with E-state index in [4.69, 9.17) is 5.73 Å². The molecule has 1 saturated carbocycles. The molecule has 86 valence electrons. The van der Waals surface area contributed by atoms with Crippen molar-refractivity contribution in [1.82, 2.24) is 5.32 Å². The molecule has 1 fully saturated rings.